The molecule has 20 heavy (non-hydrogen) atoms. The third kappa shape index (κ3) is 6.14. The van der Waals surface area contributed by atoms with Gasteiger partial charge in [-0.2, -0.15) is 0 Å². The predicted molar refractivity (Wildman–Crippen MR) is 84.1 cm³/mol. The molecule has 114 valence electrons. The first-order valence-electron chi connectivity index (χ1n) is 6.97. The van der Waals surface area contributed by atoms with Crippen molar-refractivity contribution in [1.29, 1.82) is 0 Å². The van der Waals surface area contributed by atoms with Crippen LogP contribution in [0.1, 0.15) is 45.1 Å². The molecule has 0 saturated carbocycles. The average Bonchev–Trinajstić information content (AvgIpc) is 2.34. The Kier molecular flexibility index (Phi) is 6.83. The van der Waals surface area contributed by atoms with Crippen molar-refractivity contribution in [2.75, 3.05) is 12.4 Å². The lowest BCUT2D eigenvalue weighted by Crippen LogP contribution is -2.20. The van der Waals surface area contributed by atoms with Crippen molar-refractivity contribution < 1.29 is 13.2 Å². The molecule has 0 heterocycles. The second-order valence-corrected chi connectivity index (χ2v) is 8.19. The topological polar surface area (TPSA) is 43.4 Å². The molecule has 0 bridgehead atoms. The van der Waals surface area contributed by atoms with Gasteiger partial charge in [-0.3, -0.25) is 0 Å². The van der Waals surface area contributed by atoms with E-state index in [0.29, 0.717) is 12.5 Å². The maximum atomic E-state index is 11.2. The molecule has 0 aromatic heterocycles. The van der Waals surface area contributed by atoms with Crippen LogP contribution < -0.4 is 4.74 Å². The second-order valence-electron chi connectivity index (χ2n) is 5.36. The second kappa shape index (κ2) is 7.89. The summed E-state index contributed by atoms with van der Waals surface area (Å²) in [6.07, 6.45) is 1.70. The highest BCUT2D eigenvalue weighted by atomic mass is 35.7. The zero-order valence-corrected chi connectivity index (χ0v) is 13.9. The van der Waals surface area contributed by atoms with Gasteiger partial charge >= 0.3 is 0 Å². The standard InChI is InChI=1S/C15H23ClO3S/c1-4-7-13(11-20(16,17)18)10-19-15-9-6-5-8-14(15)12(2)3/h5-6,8-9,12-13H,4,7,10-11H2,1-3H3. The molecule has 0 N–H and O–H groups in total. The summed E-state index contributed by atoms with van der Waals surface area (Å²) in [6, 6.07) is 7.87. The number of hydrogen-bond donors (Lipinski definition) is 0. The van der Waals surface area contributed by atoms with Crippen molar-refractivity contribution in [2.24, 2.45) is 5.92 Å². The number of benzene rings is 1. The van der Waals surface area contributed by atoms with Gasteiger partial charge in [-0.15, -0.1) is 0 Å². The van der Waals surface area contributed by atoms with Gasteiger partial charge in [-0.1, -0.05) is 45.4 Å². The van der Waals surface area contributed by atoms with Gasteiger partial charge in [0.2, 0.25) is 9.05 Å². The Morgan fingerprint density at radius 1 is 1.25 bits per heavy atom. The lowest BCUT2D eigenvalue weighted by molar-refractivity contribution is 0.250. The highest BCUT2D eigenvalue weighted by Gasteiger charge is 2.18. The van der Waals surface area contributed by atoms with Crippen LogP contribution >= 0.6 is 10.7 Å². The largest absolute Gasteiger partial charge is 0.493 e. The van der Waals surface area contributed by atoms with Crippen LogP contribution in [0.2, 0.25) is 0 Å². The molecular formula is C15H23ClO3S. The molecule has 1 rings (SSSR count). The summed E-state index contributed by atoms with van der Waals surface area (Å²) in [6.45, 7) is 6.61. The SMILES string of the molecule is CCCC(COc1ccccc1C(C)C)CS(=O)(=O)Cl. The van der Waals surface area contributed by atoms with Gasteiger partial charge < -0.3 is 4.74 Å². The Bertz CT molecular complexity index is 512. The normalized spacial score (nSPS) is 13.4. The zero-order chi connectivity index (χ0) is 15.2. The summed E-state index contributed by atoms with van der Waals surface area (Å²) >= 11 is 0. The molecule has 0 saturated heterocycles. The predicted octanol–water partition coefficient (Wildman–Crippen LogP) is 4.17. The van der Waals surface area contributed by atoms with Crippen LogP contribution in [-0.2, 0) is 9.05 Å². The molecule has 0 aliphatic rings. The van der Waals surface area contributed by atoms with E-state index in [0.717, 1.165) is 24.2 Å². The first-order chi connectivity index (χ1) is 9.33. The fourth-order valence-electron chi connectivity index (χ4n) is 2.20. The van der Waals surface area contributed by atoms with Gasteiger partial charge in [0.25, 0.3) is 0 Å². The summed E-state index contributed by atoms with van der Waals surface area (Å²) in [5.74, 6) is 1.09. The summed E-state index contributed by atoms with van der Waals surface area (Å²) in [7, 11) is 1.86. The van der Waals surface area contributed by atoms with Crippen molar-refractivity contribution in [1.82, 2.24) is 0 Å². The number of halogens is 1. The van der Waals surface area contributed by atoms with E-state index >= 15 is 0 Å². The van der Waals surface area contributed by atoms with Crippen molar-refractivity contribution in [3.8, 4) is 5.75 Å². The molecule has 5 heteroatoms. The highest BCUT2D eigenvalue weighted by Crippen LogP contribution is 2.26. The Morgan fingerprint density at radius 2 is 1.90 bits per heavy atom. The molecule has 0 amide bonds. The van der Waals surface area contributed by atoms with Gasteiger partial charge in [-0.25, -0.2) is 8.42 Å². The summed E-state index contributed by atoms with van der Waals surface area (Å²) in [5, 5.41) is 0. The van der Waals surface area contributed by atoms with E-state index in [2.05, 4.69) is 13.8 Å². The molecule has 0 fully saturated rings. The van der Waals surface area contributed by atoms with Crippen LogP contribution in [0.4, 0.5) is 0 Å². The fourth-order valence-corrected chi connectivity index (χ4v) is 3.56. The minimum absolute atomic E-state index is 0.0355. The Labute approximate surface area is 126 Å². The molecule has 1 atom stereocenters. The lowest BCUT2D eigenvalue weighted by atomic mass is 10.0. The van der Waals surface area contributed by atoms with Crippen molar-refractivity contribution in [3.05, 3.63) is 29.8 Å². The summed E-state index contributed by atoms with van der Waals surface area (Å²) in [4.78, 5) is 0. The smallest absolute Gasteiger partial charge is 0.232 e. The van der Waals surface area contributed by atoms with E-state index in [4.69, 9.17) is 15.4 Å². The average molecular weight is 319 g/mol. The number of hydrogen-bond acceptors (Lipinski definition) is 3. The van der Waals surface area contributed by atoms with Crippen LogP contribution in [0, 0.1) is 5.92 Å². The van der Waals surface area contributed by atoms with Crippen molar-refractivity contribution in [2.45, 2.75) is 39.5 Å². The first-order valence-corrected chi connectivity index (χ1v) is 9.45. The quantitative estimate of drug-likeness (QED) is 0.675. The highest BCUT2D eigenvalue weighted by molar-refractivity contribution is 8.13. The Hall–Kier alpha value is -0.740. The van der Waals surface area contributed by atoms with E-state index < -0.39 is 9.05 Å². The van der Waals surface area contributed by atoms with Crippen LogP contribution in [0.25, 0.3) is 0 Å². The number of ether oxygens (including phenoxy) is 1. The third-order valence-corrected chi connectivity index (χ3v) is 4.39. The van der Waals surface area contributed by atoms with Gasteiger partial charge in [0.15, 0.2) is 0 Å². The molecule has 0 spiro atoms. The van der Waals surface area contributed by atoms with Crippen molar-refractivity contribution >= 4 is 19.7 Å². The molecule has 0 radical (unpaired) electrons. The lowest BCUT2D eigenvalue weighted by Gasteiger charge is -2.18. The van der Waals surface area contributed by atoms with Crippen molar-refractivity contribution in [3.63, 3.8) is 0 Å². The maximum Gasteiger partial charge on any atom is 0.232 e. The molecule has 1 aromatic rings. The van der Waals surface area contributed by atoms with Gasteiger partial charge in [0.1, 0.15) is 5.75 Å². The molecule has 1 unspecified atom stereocenters. The molecule has 0 aliphatic carbocycles. The van der Waals surface area contributed by atoms with E-state index in [9.17, 15) is 8.42 Å². The van der Waals surface area contributed by atoms with Crippen LogP contribution in [0.15, 0.2) is 24.3 Å². The van der Waals surface area contributed by atoms with E-state index in [1.807, 2.05) is 31.2 Å². The Morgan fingerprint density at radius 3 is 2.45 bits per heavy atom. The van der Waals surface area contributed by atoms with Gasteiger partial charge in [-0.05, 0) is 24.0 Å². The maximum absolute atomic E-state index is 11.2. The first kappa shape index (κ1) is 17.3. The minimum Gasteiger partial charge on any atom is -0.493 e. The monoisotopic (exact) mass is 318 g/mol. The van der Waals surface area contributed by atoms with Crippen LogP contribution in [0.5, 0.6) is 5.75 Å². The third-order valence-electron chi connectivity index (χ3n) is 3.15. The van der Waals surface area contributed by atoms with Gasteiger partial charge in [0.05, 0.1) is 12.4 Å². The Balaban J connectivity index is 2.72. The minimum atomic E-state index is -3.48. The molecule has 3 nitrogen and oxygen atoms in total. The molecule has 0 aliphatic heterocycles. The fraction of sp³-hybridized carbons (Fsp3) is 0.600. The number of rotatable bonds is 8. The summed E-state index contributed by atoms with van der Waals surface area (Å²) < 4.78 is 28.3. The zero-order valence-electron chi connectivity index (χ0n) is 12.3. The molecular weight excluding hydrogens is 296 g/mol. The summed E-state index contributed by atoms with van der Waals surface area (Å²) in [5.41, 5.74) is 1.14. The van der Waals surface area contributed by atoms with E-state index in [1.165, 1.54) is 0 Å². The van der Waals surface area contributed by atoms with E-state index in [-0.39, 0.29) is 11.7 Å². The number of para-hydroxylation sites is 1. The van der Waals surface area contributed by atoms with Gasteiger partial charge in [0, 0.05) is 16.6 Å². The van der Waals surface area contributed by atoms with Crippen LogP contribution in [-0.4, -0.2) is 20.8 Å². The van der Waals surface area contributed by atoms with E-state index in [1.54, 1.807) is 0 Å². The molecule has 1 aromatic carbocycles. The van der Waals surface area contributed by atoms with Crippen LogP contribution in [0.3, 0.4) is 0 Å².